The van der Waals surface area contributed by atoms with Crippen molar-refractivity contribution in [3.8, 4) is 0 Å². The lowest BCUT2D eigenvalue weighted by Crippen LogP contribution is -2.30. The van der Waals surface area contributed by atoms with Crippen LogP contribution in [0.4, 0.5) is 0 Å². The van der Waals surface area contributed by atoms with E-state index in [2.05, 4.69) is 55.4 Å². The van der Waals surface area contributed by atoms with Gasteiger partial charge in [-0.25, -0.2) is 9.13 Å². The molecule has 0 fully saturated rings. The molecule has 4 unspecified atom stereocenters. The monoisotopic (exact) mass is 1210 g/mol. The summed E-state index contributed by atoms with van der Waals surface area (Å²) in [4.78, 5) is 72.1. The smallest absolute Gasteiger partial charge is 0.462 e. The van der Waals surface area contributed by atoms with Crippen LogP contribution in [0.5, 0.6) is 0 Å². The number of esters is 4. The second-order valence-corrected chi connectivity index (χ2v) is 27.4. The van der Waals surface area contributed by atoms with Gasteiger partial charge in [-0.2, -0.15) is 0 Å². The van der Waals surface area contributed by atoms with E-state index in [9.17, 15) is 43.2 Å². The Balaban J connectivity index is 5.25. The standard InChI is InChI=1S/C63H122O17P2/c1-9-56(8)42-34-26-21-22-30-38-46-63(68)80-59(50-73-60(65)43-35-27-18-12-10-11-15-23-31-39-53(2)3)52-78-82(71,72)76-48-57(64)47-75-81(69,70)77-51-58(79-62(67)45-37-29-20-14-17-25-33-41-55(6)7)49-74-61(66)44-36-28-19-13-16-24-32-40-54(4)5/h53-59,64H,9-52H2,1-8H3,(H,69,70)(H,71,72)/t56?,57?,58-,59-/m1/s1. The summed E-state index contributed by atoms with van der Waals surface area (Å²) in [5, 5.41) is 10.5. The molecule has 0 radical (unpaired) electrons. The SMILES string of the molecule is CCC(C)CCCCCCCCC(=O)O[C@H](COC(=O)CCCCCCCCCCCC(C)C)COP(=O)(O)OCC(O)COP(=O)(O)OC[C@@H](COC(=O)CCCCCCCCCC(C)C)OC(=O)CCCCCCCCCC(C)C. The molecule has 6 atom stereocenters. The van der Waals surface area contributed by atoms with Gasteiger partial charge in [0, 0.05) is 25.7 Å². The third-order valence-electron chi connectivity index (χ3n) is 14.7. The lowest BCUT2D eigenvalue weighted by molar-refractivity contribution is -0.161. The van der Waals surface area contributed by atoms with E-state index in [1.165, 1.54) is 96.3 Å². The predicted molar refractivity (Wildman–Crippen MR) is 326 cm³/mol. The van der Waals surface area contributed by atoms with E-state index in [0.717, 1.165) is 108 Å². The van der Waals surface area contributed by atoms with Gasteiger partial charge < -0.3 is 33.8 Å². The molecule has 0 aromatic heterocycles. The molecule has 0 saturated heterocycles. The summed E-state index contributed by atoms with van der Waals surface area (Å²) < 4.78 is 67.9. The van der Waals surface area contributed by atoms with Gasteiger partial charge in [0.25, 0.3) is 0 Å². The van der Waals surface area contributed by atoms with Crippen molar-refractivity contribution in [3.05, 3.63) is 0 Å². The third-order valence-corrected chi connectivity index (χ3v) is 16.6. The Hall–Kier alpha value is -1.94. The molecule has 0 aliphatic carbocycles. The van der Waals surface area contributed by atoms with Gasteiger partial charge in [0.2, 0.25) is 0 Å². The van der Waals surface area contributed by atoms with Crippen molar-refractivity contribution >= 4 is 39.5 Å². The van der Waals surface area contributed by atoms with E-state index >= 15 is 0 Å². The number of phosphoric acid groups is 2. The normalized spacial score (nSPS) is 14.8. The van der Waals surface area contributed by atoms with Gasteiger partial charge in [-0.15, -0.1) is 0 Å². The first-order chi connectivity index (χ1) is 39.1. The molecule has 0 bridgehead atoms. The maximum absolute atomic E-state index is 13.0. The minimum Gasteiger partial charge on any atom is -0.462 e. The molecule has 19 heteroatoms. The van der Waals surface area contributed by atoms with E-state index < -0.39 is 97.5 Å². The van der Waals surface area contributed by atoms with E-state index in [1.54, 1.807) is 0 Å². The number of ether oxygens (including phenoxy) is 4. The van der Waals surface area contributed by atoms with Crippen LogP contribution >= 0.6 is 15.6 Å². The van der Waals surface area contributed by atoms with Crippen molar-refractivity contribution in [1.29, 1.82) is 0 Å². The number of rotatable bonds is 60. The van der Waals surface area contributed by atoms with E-state index in [1.807, 2.05) is 0 Å². The fourth-order valence-electron chi connectivity index (χ4n) is 9.22. The summed E-state index contributed by atoms with van der Waals surface area (Å²) in [5.74, 6) is 0.720. The average molecular weight is 1210 g/mol. The van der Waals surface area contributed by atoms with Crippen LogP contribution in [0.1, 0.15) is 299 Å². The number of aliphatic hydroxyl groups is 1. The molecule has 0 saturated carbocycles. The molecule has 0 aliphatic rings. The third kappa shape index (κ3) is 55.9. The topological polar surface area (TPSA) is 237 Å². The number of hydrogen-bond acceptors (Lipinski definition) is 15. The summed E-state index contributed by atoms with van der Waals surface area (Å²) in [6.07, 6.45) is 32.3. The van der Waals surface area contributed by atoms with Crippen LogP contribution in [-0.4, -0.2) is 96.7 Å². The van der Waals surface area contributed by atoms with Gasteiger partial charge >= 0.3 is 39.5 Å². The second-order valence-electron chi connectivity index (χ2n) is 24.5. The van der Waals surface area contributed by atoms with Gasteiger partial charge in [-0.1, -0.05) is 248 Å². The molecular formula is C63H122O17P2. The molecule has 82 heavy (non-hydrogen) atoms. The van der Waals surface area contributed by atoms with Crippen molar-refractivity contribution in [2.45, 2.75) is 318 Å². The minimum absolute atomic E-state index is 0.102. The van der Waals surface area contributed by atoms with Crippen LogP contribution in [0.15, 0.2) is 0 Å². The maximum Gasteiger partial charge on any atom is 0.472 e. The first kappa shape index (κ1) is 80.1. The van der Waals surface area contributed by atoms with Crippen LogP contribution in [-0.2, 0) is 65.4 Å². The number of carbonyl (C=O) groups excluding carboxylic acids is 4. The van der Waals surface area contributed by atoms with Crippen molar-refractivity contribution in [1.82, 2.24) is 0 Å². The van der Waals surface area contributed by atoms with Gasteiger partial charge in [-0.05, 0) is 49.4 Å². The number of aliphatic hydroxyl groups excluding tert-OH is 1. The zero-order chi connectivity index (χ0) is 61.1. The molecule has 0 aliphatic heterocycles. The number of hydrogen-bond donors (Lipinski definition) is 3. The van der Waals surface area contributed by atoms with E-state index in [4.69, 9.17) is 37.0 Å². The lowest BCUT2D eigenvalue weighted by atomic mass is 10.00. The molecule has 0 heterocycles. The molecule has 3 N–H and O–H groups in total. The molecular weight excluding hydrogens is 1090 g/mol. The zero-order valence-electron chi connectivity index (χ0n) is 53.1. The quantitative estimate of drug-likeness (QED) is 0.0222. The van der Waals surface area contributed by atoms with Gasteiger partial charge in [0.1, 0.15) is 19.3 Å². The Morgan fingerprint density at radius 2 is 0.585 bits per heavy atom. The Labute approximate surface area is 498 Å². The maximum atomic E-state index is 13.0. The Bertz CT molecular complexity index is 1650. The molecule has 0 spiro atoms. The van der Waals surface area contributed by atoms with Gasteiger partial charge in [0.15, 0.2) is 12.2 Å². The fourth-order valence-corrected chi connectivity index (χ4v) is 10.8. The number of carbonyl (C=O) groups is 4. The molecule has 486 valence electrons. The highest BCUT2D eigenvalue weighted by molar-refractivity contribution is 7.47. The van der Waals surface area contributed by atoms with E-state index in [-0.39, 0.29) is 25.7 Å². The molecule has 17 nitrogen and oxygen atoms in total. The highest BCUT2D eigenvalue weighted by Gasteiger charge is 2.30. The fraction of sp³-hybridized carbons (Fsp3) is 0.937. The number of phosphoric ester groups is 2. The first-order valence-electron chi connectivity index (χ1n) is 32.7. The summed E-state index contributed by atoms with van der Waals surface area (Å²) in [6.45, 7) is 13.9. The Morgan fingerprint density at radius 1 is 0.341 bits per heavy atom. The molecule has 0 rings (SSSR count). The van der Waals surface area contributed by atoms with Crippen LogP contribution < -0.4 is 0 Å². The van der Waals surface area contributed by atoms with Crippen LogP contribution in [0, 0.1) is 23.7 Å². The first-order valence-corrected chi connectivity index (χ1v) is 35.7. The van der Waals surface area contributed by atoms with Crippen LogP contribution in [0.2, 0.25) is 0 Å². The largest absolute Gasteiger partial charge is 0.472 e. The average Bonchev–Trinajstić information content (AvgIpc) is 3.44. The summed E-state index contributed by atoms with van der Waals surface area (Å²) >= 11 is 0. The molecule has 0 aromatic carbocycles. The second kappa shape index (κ2) is 53.3. The Morgan fingerprint density at radius 3 is 0.866 bits per heavy atom. The Kier molecular flexibility index (Phi) is 52.0. The number of unbranched alkanes of at least 4 members (excludes halogenated alkanes) is 25. The van der Waals surface area contributed by atoms with Gasteiger partial charge in [0.05, 0.1) is 26.4 Å². The van der Waals surface area contributed by atoms with Gasteiger partial charge in [-0.3, -0.25) is 37.3 Å². The van der Waals surface area contributed by atoms with Crippen molar-refractivity contribution < 1.29 is 80.2 Å². The lowest BCUT2D eigenvalue weighted by Gasteiger charge is -2.21. The van der Waals surface area contributed by atoms with Crippen LogP contribution in [0.25, 0.3) is 0 Å². The van der Waals surface area contributed by atoms with Crippen molar-refractivity contribution in [2.75, 3.05) is 39.6 Å². The van der Waals surface area contributed by atoms with Crippen LogP contribution in [0.3, 0.4) is 0 Å². The molecule has 0 amide bonds. The summed E-state index contributed by atoms with van der Waals surface area (Å²) in [5.41, 5.74) is 0. The zero-order valence-corrected chi connectivity index (χ0v) is 54.9. The predicted octanol–water partition coefficient (Wildman–Crippen LogP) is 17.0. The molecule has 0 aromatic rings. The van der Waals surface area contributed by atoms with E-state index in [0.29, 0.717) is 37.5 Å². The van der Waals surface area contributed by atoms with Crippen molar-refractivity contribution in [2.24, 2.45) is 23.7 Å². The van der Waals surface area contributed by atoms with Crippen molar-refractivity contribution in [3.63, 3.8) is 0 Å². The highest BCUT2D eigenvalue weighted by atomic mass is 31.2. The minimum atomic E-state index is -4.94. The summed E-state index contributed by atoms with van der Waals surface area (Å²) in [6, 6.07) is 0. The highest BCUT2D eigenvalue weighted by Crippen LogP contribution is 2.45. The summed E-state index contributed by atoms with van der Waals surface area (Å²) in [7, 11) is -9.89.